The molecule has 0 fully saturated rings. The van der Waals surface area contributed by atoms with E-state index in [9.17, 15) is 4.39 Å². The standard InChI is InChI=1S/C10H9FN2/c11-9-4-7-3-8(12)2-1-6(7)5-10(9)13/h1-5H,12-13H2. The van der Waals surface area contributed by atoms with Gasteiger partial charge in [-0.3, -0.25) is 0 Å². The van der Waals surface area contributed by atoms with Gasteiger partial charge in [-0.25, -0.2) is 4.39 Å². The molecule has 0 aromatic heterocycles. The summed E-state index contributed by atoms with van der Waals surface area (Å²) in [5.41, 5.74) is 11.8. The maximum Gasteiger partial charge on any atom is 0.146 e. The number of anilines is 2. The Morgan fingerprint density at radius 2 is 1.69 bits per heavy atom. The first-order valence-corrected chi connectivity index (χ1v) is 3.91. The predicted octanol–water partition coefficient (Wildman–Crippen LogP) is 2.14. The van der Waals surface area contributed by atoms with E-state index in [1.165, 1.54) is 6.07 Å². The number of hydrogen-bond acceptors (Lipinski definition) is 2. The van der Waals surface area contributed by atoms with Gasteiger partial charge in [0.15, 0.2) is 0 Å². The number of hydrogen-bond donors (Lipinski definition) is 2. The van der Waals surface area contributed by atoms with Crippen LogP contribution in [0.4, 0.5) is 15.8 Å². The fraction of sp³-hybridized carbons (Fsp3) is 0. The van der Waals surface area contributed by atoms with Gasteiger partial charge in [0.25, 0.3) is 0 Å². The van der Waals surface area contributed by atoms with E-state index in [4.69, 9.17) is 11.5 Å². The molecule has 2 aromatic carbocycles. The van der Waals surface area contributed by atoms with Crippen molar-refractivity contribution >= 4 is 22.1 Å². The fourth-order valence-corrected chi connectivity index (χ4v) is 1.31. The summed E-state index contributed by atoms with van der Waals surface area (Å²) in [7, 11) is 0. The predicted molar refractivity (Wildman–Crippen MR) is 52.7 cm³/mol. The Labute approximate surface area is 75.0 Å². The van der Waals surface area contributed by atoms with Crippen molar-refractivity contribution in [2.75, 3.05) is 11.5 Å². The smallest absolute Gasteiger partial charge is 0.146 e. The Kier molecular flexibility index (Phi) is 1.59. The van der Waals surface area contributed by atoms with Crippen LogP contribution in [0.5, 0.6) is 0 Å². The third-order valence-corrected chi connectivity index (χ3v) is 1.98. The van der Waals surface area contributed by atoms with E-state index in [2.05, 4.69) is 0 Å². The van der Waals surface area contributed by atoms with Crippen LogP contribution in [-0.2, 0) is 0 Å². The van der Waals surface area contributed by atoms with Crippen LogP contribution in [0.15, 0.2) is 30.3 Å². The molecule has 0 bridgehead atoms. The molecule has 3 heteroatoms. The van der Waals surface area contributed by atoms with Crippen molar-refractivity contribution in [3.05, 3.63) is 36.1 Å². The molecule has 0 atom stereocenters. The van der Waals surface area contributed by atoms with Crippen LogP contribution in [0.3, 0.4) is 0 Å². The van der Waals surface area contributed by atoms with Crippen LogP contribution >= 0.6 is 0 Å². The highest BCUT2D eigenvalue weighted by Gasteiger charge is 2.00. The van der Waals surface area contributed by atoms with Gasteiger partial charge in [0.05, 0.1) is 5.69 Å². The van der Waals surface area contributed by atoms with E-state index in [1.54, 1.807) is 18.2 Å². The lowest BCUT2D eigenvalue weighted by Gasteiger charge is -2.01. The average Bonchev–Trinajstić information content (AvgIpc) is 2.08. The molecular formula is C10H9FN2. The van der Waals surface area contributed by atoms with Crippen molar-refractivity contribution in [2.45, 2.75) is 0 Å². The summed E-state index contributed by atoms with van der Waals surface area (Å²) < 4.78 is 13.0. The summed E-state index contributed by atoms with van der Waals surface area (Å²) in [6.45, 7) is 0. The maximum atomic E-state index is 13.0. The van der Waals surface area contributed by atoms with Gasteiger partial charge < -0.3 is 11.5 Å². The van der Waals surface area contributed by atoms with Crippen LogP contribution in [0, 0.1) is 5.82 Å². The Hall–Kier alpha value is -1.77. The van der Waals surface area contributed by atoms with Crippen molar-refractivity contribution in [3.63, 3.8) is 0 Å². The molecule has 0 aliphatic carbocycles. The monoisotopic (exact) mass is 176 g/mol. The number of fused-ring (bicyclic) bond motifs is 1. The number of nitrogen functional groups attached to an aromatic ring is 2. The van der Waals surface area contributed by atoms with Gasteiger partial charge >= 0.3 is 0 Å². The molecule has 0 aliphatic heterocycles. The molecule has 66 valence electrons. The zero-order valence-corrected chi connectivity index (χ0v) is 6.92. The highest BCUT2D eigenvalue weighted by Crippen LogP contribution is 2.22. The Morgan fingerprint density at radius 3 is 2.46 bits per heavy atom. The molecule has 0 amide bonds. The van der Waals surface area contributed by atoms with E-state index >= 15 is 0 Å². The van der Waals surface area contributed by atoms with Crippen LogP contribution in [0.25, 0.3) is 10.8 Å². The summed E-state index contributed by atoms with van der Waals surface area (Å²) in [6.07, 6.45) is 0. The van der Waals surface area contributed by atoms with Gasteiger partial charge in [-0.15, -0.1) is 0 Å². The minimum absolute atomic E-state index is 0.164. The summed E-state index contributed by atoms with van der Waals surface area (Å²) >= 11 is 0. The molecule has 0 spiro atoms. The minimum Gasteiger partial charge on any atom is -0.399 e. The topological polar surface area (TPSA) is 52.0 Å². The number of rotatable bonds is 0. The van der Waals surface area contributed by atoms with Gasteiger partial charge in [0, 0.05) is 5.69 Å². The molecule has 0 saturated heterocycles. The summed E-state index contributed by atoms with van der Waals surface area (Å²) in [6, 6.07) is 8.29. The van der Waals surface area contributed by atoms with E-state index < -0.39 is 5.82 Å². The first-order valence-electron chi connectivity index (χ1n) is 3.91. The van der Waals surface area contributed by atoms with Gasteiger partial charge in [-0.05, 0) is 35.0 Å². The zero-order chi connectivity index (χ0) is 9.42. The zero-order valence-electron chi connectivity index (χ0n) is 6.92. The van der Waals surface area contributed by atoms with Gasteiger partial charge in [0.2, 0.25) is 0 Å². The first kappa shape index (κ1) is 7.86. The third kappa shape index (κ3) is 1.28. The van der Waals surface area contributed by atoms with Crippen molar-refractivity contribution in [2.24, 2.45) is 0 Å². The normalized spacial score (nSPS) is 10.5. The summed E-state index contributed by atoms with van der Waals surface area (Å²) in [5, 5.41) is 1.67. The highest BCUT2D eigenvalue weighted by molar-refractivity contribution is 5.88. The lowest BCUT2D eigenvalue weighted by atomic mass is 10.1. The van der Waals surface area contributed by atoms with E-state index in [0.717, 1.165) is 10.8 Å². The van der Waals surface area contributed by atoms with Crippen LogP contribution in [0.2, 0.25) is 0 Å². The average molecular weight is 176 g/mol. The molecule has 13 heavy (non-hydrogen) atoms. The van der Waals surface area contributed by atoms with Gasteiger partial charge in [-0.1, -0.05) is 6.07 Å². The Balaban J connectivity index is 2.81. The highest BCUT2D eigenvalue weighted by atomic mass is 19.1. The van der Waals surface area contributed by atoms with Crippen molar-refractivity contribution < 1.29 is 4.39 Å². The first-order chi connectivity index (χ1) is 6.16. The quantitative estimate of drug-likeness (QED) is 0.604. The minimum atomic E-state index is -0.405. The molecule has 4 N–H and O–H groups in total. The SMILES string of the molecule is Nc1ccc2cc(N)c(F)cc2c1. The number of benzene rings is 2. The van der Waals surface area contributed by atoms with Crippen molar-refractivity contribution in [3.8, 4) is 0 Å². The molecule has 0 aliphatic rings. The number of halogens is 1. The third-order valence-electron chi connectivity index (χ3n) is 1.98. The van der Waals surface area contributed by atoms with Crippen molar-refractivity contribution in [1.29, 1.82) is 0 Å². The molecule has 0 unspecified atom stereocenters. The summed E-state index contributed by atoms with van der Waals surface area (Å²) in [4.78, 5) is 0. The van der Waals surface area contributed by atoms with Crippen LogP contribution in [-0.4, -0.2) is 0 Å². The second-order valence-corrected chi connectivity index (χ2v) is 2.98. The van der Waals surface area contributed by atoms with Gasteiger partial charge in [-0.2, -0.15) is 0 Å². The molecule has 2 aromatic rings. The molecule has 0 radical (unpaired) electrons. The lowest BCUT2D eigenvalue weighted by Crippen LogP contribution is -1.91. The van der Waals surface area contributed by atoms with Crippen LogP contribution in [0.1, 0.15) is 0 Å². The summed E-state index contributed by atoms with van der Waals surface area (Å²) in [5.74, 6) is -0.405. The van der Waals surface area contributed by atoms with Crippen LogP contribution < -0.4 is 11.5 Å². The Bertz CT molecular complexity index is 466. The van der Waals surface area contributed by atoms with Crippen molar-refractivity contribution in [1.82, 2.24) is 0 Å². The molecule has 0 heterocycles. The Morgan fingerprint density at radius 1 is 0.923 bits per heavy atom. The molecule has 2 rings (SSSR count). The van der Waals surface area contributed by atoms with Gasteiger partial charge in [0.1, 0.15) is 5.82 Å². The maximum absolute atomic E-state index is 13.0. The fourth-order valence-electron chi connectivity index (χ4n) is 1.31. The van der Waals surface area contributed by atoms with E-state index in [-0.39, 0.29) is 5.69 Å². The lowest BCUT2D eigenvalue weighted by molar-refractivity contribution is 0.634. The number of nitrogens with two attached hydrogens (primary N) is 2. The molecule has 0 saturated carbocycles. The molecular weight excluding hydrogens is 167 g/mol. The second-order valence-electron chi connectivity index (χ2n) is 2.98. The largest absolute Gasteiger partial charge is 0.399 e. The molecule has 2 nitrogen and oxygen atoms in total. The second kappa shape index (κ2) is 2.62. The van der Waals surface area contributed by atoms with E-state index in [0.29, 0.717) is 5.69 Å². The van der Waals surface area contributed by atoms with E-state index in [1.807, 2.05) is 6.07 Å².